The molecule has 0 aromatic heterocycles. The number of imide groups is 1. The molecule has 5 nitrogen and oxygen atoms in total. The summed E-state index contributed by atoms with van der Waals surface area (Å²) in [6, 6.07) is 19.5. The summed E-state index contributed by atoms with van der Waals surface area (Å²) in [6.45, 7) is 1.96. The highest BCUT2D eigenvalue weighted by Gasteiger charge is 2.39. The molecule has 0 atom stereocenters. The van der Waals surface area contributed by atoms with Crippen LogP contribution in [0, 0.1) is 6.92 Å². The lowest BCUT2D eigenvalue weighted by molar-refractivity contribution is -0.137. The highest BCUT2D eigenvalue weighted by molar-refractivity contribution is 6.37. The lowest BCUT2D eigenvalue weighted by Gasteiger charge is -2.16. The summed E-state index contributed by atoms with van der Waals surface area (Å²) < 4.78 is 5.22. The van der Waals surface area contributed by atoms with E-state index < -0.39 is 11.8 Å². The van der Waals surface area contributed by atoms with Crippen molar-refractivity contribution in [2.24, 2.45) is 0 Å². The lowest BCUT2D eigenvalue weighted by Crippen LogP contribution is -2.32. The van der Waals surface area contributed by atoms with Crippen LogP contribution in [0.5, 0.6) is 5.75 Å². The van der Waals surface area contributed by atoms with Gasteiger partial charge < -0.3 is 10.1 Å². The average Bonchev–Trinajstić information content (AvgIpc) is 3.02. The van der Waals surface area contributed by atoms with E-state index in [-0.39, 0.29) is 17.8 Å². The Hall–Kier alpha value is -3.28. The molecular formula is C25H20Cl2N2O3. The minimum atomic E-state index is -0.430. The van der Waals surface area contributed by atoms with E-state index in [1.165, 1.54) is 4.90 Å². The average molecular weight is 467 g/mol. The minimum Gasteiger partial charge on any atom is -0.497 e. The van der Waals surface area contributed by atoms with Crippen molar-refractivity contribution in [3.63, 3.8) is 0 Å². The number of carbonyl (C=O) groups excluding carboxylic acids is 2. The number of amides is 2. The van der Waals surface area contributed by atoms with Gasteiger partial charge >= 0.3 is 0 Å². The second kappa shape index (κ2) is 9.07. The summed E-state index contributed by atoms with van der Waals surface area (Å²) in [6.07, 6.45) is 0. The van der Waals surface area contributed by atoms with Crippen molar-refractivity contribution in [2.45, 2.75) is 13.5 Å². The third-order valence-electron chi connectivity index (χ3n) is 5.29. The van der Waals surface area contributed by atoms with Gasteiger partial charge in [-0.2, -0.15) is 0 Å². The first-order chi connectivity index (χ1) is 15.4. The molecule has 0 aliphatic carbocycles. The SMILES string of the molecule is COc1ccc(C2=C(Nc3cc(Cl)ccc3C)C(=O)N(Cc3ccccc3Cl)C2=O)cc1. The Morgan fingerprint density at radius 2 is 1.66 bits per heavy atom. The summed E-state index contributed by atoms with van der Waals surface area (Å²) in [7, 11) is 1.57. The van der Waals surface area contributed by atoms with Crippen LogP contribution in [0.25, 0.3) is 5.57 Å². The molecule has 1 N–H and O–H groups in total. The molecule has 0 unspecified atom stereocenters. The van der Waals surface area contributed by atoms with Gasteiger partial charge in [-0.05, 0) is 53.9 Å². The number of halogens is 2. The Bertz CT molecular complexity index is 1240. The van der Waals surface area contributed by atoms with Crippen molar-refractivity contribution in [3.8, 4) is 5.75 Å². The van der Waals surface area contributed by atoms with Crippen molar-refractivity contribution >= 4 is 46.3 Å². The van der Waals surface area contributed by atoms with Crippen LogP contribution in [-0.2, 0) is 16.1 Å². The third-order valence-corrected chi connectivity index (χ3v) is 5.90. The molecule has 1 aliphatic heterocycles. The van der Waals surface area contributed by atoms with Gasteiger partial charge in [-0.25, -0.2) is 0 Å². The number of carbonyl (C=O) groups is 2. The van der Waals surface area contributed by atoms with Gasteiger partial charge in [-0.1, -0.05) is 59.6 Å². The number of hydrogen-bond donors (Lipinski definition) is 1. The van der Waals surface area contributed by atoms with Crippen LogP contribution < -0.4 is 10.1 Å². The molecule has 7 heteroatoms. The number of aryl methyl sites for hydroxylation is 1. The Balaban J connectivity index is 1.78. The summed E-state index contributed by atoms with van der Waals surface area (Å²) in [5.74, 6) is -0.179. The zero-order valence-electron chi connectivity index (χ0n) is 17.5. The van der Waals surface area contributed by atoms with E-state index in [0.717, 1.165) is 5.56 Å². The highest BCUT2D eigenvalue weighted by atomic mass is 35.5. The largest absolute Gasteiger partial charge is 0.497 e. The van der Waals surface area contributed by atoms with Crippen molar-refractivity contribution < 1.29 is 14.3 Å². The van der Waals surface area contributed by atoms with Crippen molar-refractivity contribution in [3.05, 3.63) is 99.2 Å². The standard InChI is InChI=1S/C25H20Cl2N2O3/c1-15-7-10-18(26)13-21(15)28-23-22(16-8-11-19(32-2)12-9-16)24(30)29(25(23)31)14-17-5-3-4-6-20(17)27/h3-13,28H,14H2,1-2H3. The second-order valence-electron chi connectivity index (χ2n) is 7.35. The van der Waals surface area contributed by atoms with Crippen LogP contribution in [0.15, 0.2) is 72.4 Å². The van der Waals surface area contributed by atoms with Gasteiger partial charge in [0.1, 0.15) is 11.4 Å². The van der Waals surface area contributed by atoms with Crippen LogP contribution in [-0.4, -0.2) is 23.8 Å². The van der Waals surface area contributed by atoms with Crippen LogP contribution >= 0.6 is 23.2 Å². The van der Waals surface area contributed by atoms with Crippen molar-refractivity contribution in [1.29, 1.82) is 0 Å². The van der Waals surface area contributed by atoms with Gasteiger partial charge in [0.15, 0.2) is 0 Å². The fourth-order valence-electron chi connectivity index (χ4n) is 3.52. The molecule has 0 spiro atoms. The molecule has 0 saturated carbocycles. The van der Waals surface area contributed by atoms with Gasteiger partial charge in [0, 0.05) is 15.7 Å². The van der Waals surface area contributed by atoms with Crippen LogP contribution in [0.1, 0.15) is 16.7 Å². The van der Waals surface area contributed by atoms with Gasteiger partial charge in [0.25, 0.3) is 11.8 Å². The molecule has 32 heavy (non-hydrogen) atoms. The van der Waals surface area contributed by atoms with Crippen molar-refractivity contribution in [2.75, 3.05) is 12.4 Å². The van der Waals surface area contributed by atoms with Gasteiger partial charge in [0.05, 0.1) is 19.2 Å². The first-order valence-corrected chi connectivity index (χ1v) is 10.7. The maximum Gasteiger partial charge on any atom is 0.278 e. The Labute approximate surface area is 196 Å². The summed E-state index contributed by atoms with van der Waals surface area (Å²) in [4.78, 5) is 28.1. The predicted molar refractivity (Wildman–Crippen MR) is 127 cm³/mol. The number of hydrogen-bond acceptors (Lipinski definition) is 4. The molecular weight excluding hydrogens is 447 g/mol. The van der Waals surface area contributed by atoms with E-state index in [1.54, 1.807) is 61.7 Å². The first kappa shape index (κ1) is 21.9. The fraction of sp³-hybridized carbons (Fsp3) is 0.120. The number of nitrogens with one attached hydrogen (secondary N) is 1. The Kier molecular flexibility index (Phi) is 6.21. The molecule has 0 bridgehead atoms. The summed E-state index contributed by atoms with van der Waals surface area (Å²) in [5.41, 5.74) is 3.31. The molecule has 1 aliphatic rings. The van der Waals surface area contributed by atoms with Crippen molar-refractivity contribution in [1.82, 2.24) is 4.90 Å². The van der Waals surface area contributed by atoms with E-state index in [1.807, 2.05) is 19.1 Å². The quantitative estimate of drug-likeness (QED) is 0.473. The smallest absolute Gasteiger partial charge is 0.278 e. The number of methoxy groups -OCH3 is 1. The maximum absolute atomic E-state index is 13.4. The number of benzene rings is 3. The van der Waals surface area contributed by atoms with E-state index in [2.05, 4.69) is 5.32 Å². The summed E-state index contributed by atoms with van der Waals surface area (Å²) in [5, 5.41) is 4.17. The molecule has 0 saturated heterocycles. The molecule has 3 aromatic carbocycles. The van der Waals surface area contributed by atoms with E-state index >= 15 is 0 Å². The monoisotopic (exact) mass is 466 g/mol. The highest BCUT2D eigenvalue weighted by Crippen LogP contribution is 2.34. The molecule has 2 amide bonds. The minimum absolute atomic E-state index is 0.0662. The molecule has 0 radical (unpaired) electrons. The van der Waals surface area contributed by atoms with Gasteiger partial charge in [-0.3, -0.25) is 14.5 Å². The van der Waals surface area contributed by atoms with Crippen LogP contribution in [0.2, 0.25) is 10.0 Å². The first-order valence-electron chi connectivity index (χ1n) is 9.90. The van der Waals surface area contributed by atoms with E-state index in [4.69, 9.17) is 27.9 Å². The van der Waals surface area contributed by atoms with Gasteiger partial charge in [0.2, 0.25) is 0 Å². The van der Waals surface area contributed by atoms with Crippen LogP contribution in [0.4, 0.5) is 5.69 Å². The molecule has 4 rings (SSSR count). The number of anilines is 1. The molecule has 1 heterocycles. The second-order valence-corrected chi connectivity index (χ2v) is 8.19. The zero-order chi connectivity index (χ0) is 22.8. The van der Waals surface area contributed by atoms with Gasteiger partial charge in [-0.15, -0.1) is 0 Å². The Morgan fingerprint density at radius 3 is 2.34 bits per heavy atom. The number of ether oxygens (including phenoxy) is 1. The molecule has 3 aromatic rings. The van der Waals surface area contributed by atoms with E-state index in [9.17, 15) is 9.59 Å². The van der Waals surface area contributed by atoms with Crippen LogP contribution in [0.3, 0.4) is 0 Å². The molecule has 0 fully saturated rings. The third kappa shape index (κ3) is 4.22. The summed E-state index contributed by atoms with van der Waals surface area (Å²) >= 11 is 12.4. The van der Waals surface area contributed by atoms with E-state index in [0.29, 0.717) is 32.6 Å². The normalized spacial score (nSPS) is 13.7. The predicted octanol–water partition coefficient (Wildman–Crippen LogP) is 5.70. The lowest BCUT2D eigenvalue weighted by atomic mass is 10.0. The molecule has 162 valence electrons. The Morgan fingerprint density at radius 1 is 0.938 bits per heavy atom. The maximum atomic E-state index is 13.4. The zero-order valence-corrected chi connectivity index (χ0v) is 19.0. The fourth-order valence-corrected chi connectivity index (χ4v) is 3.89. The topological polar surface area (TPSA) is 58.6 Å². The number of rotatable bonds is 6. The number of nitrogens with zero attached hydrogens (tertiary/aromatic N) is 1.